The Hall–Kier alpha value is -3.85. The quantitative estimate of drug-likeness (QED) is 0.290. The molecule has 0 aliphatic heterocycles. The molecule has 4 aromatic rings. The van der Waals surface area contributed by atoms with Crippen molar-refractivity contribution >= 4 is 56.6 Å². The fourth-order valence-corrected chi connectivity index (χ4v) is 5.25. The van der Waals surface area contributed by atoms with Crippen LogP contribution in [-0.2, 0) is 11.8 Å². The number of likely N-dealkylation sites (N-methyl/N-ethyl adjacent to an activating group) is 1. The average molecular weight is 676 g/mol. The Labute approximate surface area is 246 Å². The number of rotatable bonds is 7. The highest BCUT2D eigenvalue weighted by Gasteiger charge is 2.32. The molecule has 1 amide bonds. The summed E-state index contributed by atoms with van der Waals surface area (Å²) in [4.78, 5) is 55.3. The molecule has 1 saturated carbocycles. The Balaban J connectivity index is 1.83. The number of nitrogens with one attached hydrogen (secondary N) is 2. The number of halogens is 3. The van der Waals surface area contributed by atoms with Gasteiger partial charge in [0.2, 0.25) is 5.91 Å². The fourth-order valence-electron chi connectivity index (χ4n) is 4.80. The highest BCUT2D eigenvalue weighted by atomic mass is 127. The number of carbonyl (C=O) groups is 1. The maximum absolute atomic E-state index is 14.9. The van der Waals surface area contributed by atoms with Crippen LogP contribution in [0.1, 0.15) is 24.4 Å². The average Bonchev–Trinajstić information content (AvgIpc) is 3.73. The largest absolute Gasteiger partial charge is 0.338 e. The lowest BCUT2D eigenvalue weighted by molar-refractivity contribution is -0.116. The summed E-state index contributed by atoms with van der Waals surface area (Å²) in [5.74, 6) is -1.78. The molecule has 1 fully saturated rings. The first kappa shape index (κ1) is 28.7. The van der Waals surface area contributed by atoms with Crippen molar-refractivity contribution in [3.63, 3.8) is 0 Å². The van der Waals surface area contributed by atoms with Crippen molar-refractivity contribution in [3.05, 3.63) is 88.4 Å². The Morgan fingerprint density at radius 3 is 2.37 bits per heavy atom. The molecule has 0 unspecified atom stereocenters. The van der Waals surface area contributed by atoms with Crippen LogP contribution < -0.4 is 27.4 Å². The molecule has 2 aromatic heterocycles. The lowest BCUT2D eigenvalue weighted by Gasteiger charge is -2.21. The summed E-state index contributed by atoms with van der Waals surface area (Å²) in [6, 6.07) is 7.83. The summed E-state index contributed by atoms with van der Waals surface area (Å²) in [7, 11) is 4.83. The van der Waals surface area contributed by atoms with Crippen molar-refractivity contribution in [1.82, 2.24) is 18.6 Å². The minimum absolute atomic E-state index is 0.00160. The van der Waals surface area contributed by atoms with E-state index in [1.165, 1.54) is 47.4 Å². The van der Waals surface area contributed by atoms with Gasteiger partial charge in [0.15, 0.2) is 0 Å². The summed E-state index contributed by atoms with van der Waals surface area (Å²) in [5, 5.41) is 5.41. The number of hydrogen-bond acceptors (Lipinski definition) is 6. The van der Waals surface area contributed by atoms with Crippen LogP contribution in [0.25, 0.3) is 16.6 Å². The van der Waals surface area contributed by atoms with E-state index in [0.29, 0.717) is 16.4 Å². The van der Waals surface area contributed by atoms with Gasteiger partial charge in [0.1, 0.15) is 22.8 Å². The topological polar surface area (TPSA) is 110 Å². The second-order valence-electron chi connectivity index (χ2n) is 10.3. The molecule has 10 nitrogen and oxygen atoms in total. The molecule has 41 heavy (non-hydrogen) atoms. The van der Waals surface area contributed by atoms with E-state index in [2.05, 4.69) is 10.6 Å². The smallest absolute Gasteiger partial charge is 0.336 e. The van der Waals surface area contributed by atoms with E-state index in [9.17, 15) is 28.0 Å². The van der Waals surface area contributed by atoms with E-state index >= 15 is 0 Å². The van der Waals surface area contributed by atoms with Crippen molar-refractivity contribution in [2.24, 2.45) is 7.05 Å². The maximum Gasteiger partial charge on any atom is 0.336 e. The van der Waals surface area contributed by atoms with Gasteiger partial charge in [-0.2, -0.15) is 0 Å². The highest BCUT2D eigenvalue weighted by molar-refractivity contribution is 14.1. The van der Waals surface area contributed by atoms with E-state index in [0.717, 1.165) is 10.6 Å². The summed E-state index contributed by atoms with van der Waals surface area (Å²) in [6.45, 7) is 1.48. The standard InChI is InChI=1S/C28H27F2IN6O4/c1-14-24-23(25(35(4)26(14)39)33-20-10-5-15(31)11-19(20)30)27(40)37(16-6-7-16)28(41)36(24)17-8-9-18(29)21(12-17)32-22(38)13-34(2)3/h5,8-12,16,33H,6-7,13H2,1-4H3,(H,32,38). The molecule has 2 heterocycles. The van der Waals surface area contributed by atoms with Crippen molar-refractivity contribution in [1.29, 1.82) is 0 Å². The molecular formula is C28H27F2IN6O4. The molecule has 0 saturated heterocycles. The van der Waals surface area contributed by atoms with Gasteiger partial charge >= 0.3 is 5.69 Å². The SMILES string of the molecule is Cc1c(=O)n(C)c(Nc2ccc(I)cc2F)c2c(=O)n(C3CC3)c(=O)n(-c3ccc(F)c(NC(=O)CN(C)C)c3)c12. The number of fused-ring (bicyclic) bond motifs is 1. The van der Waals surface area contributed by atoms with Gasteiger partial charge in [0.05, 0.1) is 29.1 Å². The Kier molecular flexibility index (Phi) is 7.59. The number of hydrogen-bond donors (Lipinski definition) is 2. The van der Waals surface area contributed by atoms with E-state index in [4.69, 9.17) is 0 Å². The zero-order chi connectivity index (χ0) is 29.7. The van der Waals surface area contributed by atoms with Gasteiger partial charge in [0.25, 0.3) is 11.1 Å². The number of benzene rings is 2. The number of amides is 1. The number of pyridine rings is 1. The fraction of sp³-hybridized carbons (Fsp3) is 0.286. The molecule has 1 aliphatic carbocycles. The minimum atomic E-state index is -0.724. The van der Waals surface area contributed by atoms with Gasteiger partial charge in [-0.05, 0) is 92.8 Å². The molecular weight excluding hydrogens is 649 g/mol. The lowest BCUT2D eigenvalue weighted by atomic mass is 10.1. The highest BCUT2D eigenvalue weighted by Crippen LogP contribution is 2.34. The van der Waals surface area contributed by atoms with Gasteiger partial charge in [-0.15, -0.1) is 0 Å². The Bertz CT molecular complexity index is 1910. The molecule has 1 aliphatic rings. The number of aromatic nitrogens is 3. The summed E-state index contributed by atoms with van der Waals surface area (Å²) >= 11 is 1.97. The Morgan fingerprint density at radius 1 is 1.02 bits per heavy atom. The van der Waals surface area contributed by atoms with Gasteiger partial charge < -0.3 is 15.5 Å². The lowest BCUT2D eigenvalue weighted by Crippen LogP contribution is -2.41. The molecule has 2 N–H and O–H groups in total. The first-order valence-corrected chi connectivity index (χ1v) is 13.8. The van der Waals surface area contributed by atoms with Gasteiger partial charge in [-0.1, -0.05) is 0 Å². The first-order chi connectivity index (χ1) is 19.4. The maximum atomic E-state index is 14.9. The van der Waals surface area contributed by atoms with Crippen molar-refractivity contribution in [2.45, 2.75) is 25.8 Å². The van der Waals surface area contributed by atoms with Crippen LogP contribution in [0.15, 0.2) is 50.8 Å². The van der Waals surface area contributed by atoms with E-state index in [1.54, 1.807) is 25.1 Å². The molecule has 214 valence electrons. The predicted molar refractivity (Wildman–Crippen MR) is 162 cm³/mol. The third-order valence-corrected chi connectivity index (χ3v) is 7.55. The zero-order valence-electron chi connectivity index (χ0n) is 22.7. The third kappa shape index (κ3) is 5.30. The van der Waals surface area contributed by atoms with E-state index in [1.807, 2.05) is 22.6 Å². The normalized spacial score (nSPS) is 13.2. The number of nitrogens with zero attached hydrogens (tertiary/aromatic N) is 4. The third-order valence-electron chi connectivity index (χ3n) is 6.88. The van der Waals surface area contributed by atoms with Crippen LogP contribution in [0.4, 0.5) is 26.0 Å². The number of aryl methyl sites for hydroxylation is 1. The van der Waals surface area contributed by atoms with E-state index in [-0.39, 0.29) is 51.9 Å². The molecule has 13 heteroatoms. The molecule has 0 radical (unpaired) electrons. The first-order valence-electron chi connectivity index (χ1n) is 12.8. The second-order valence-corrected chi connectivity index (χ2v) is 11.5. The predicted octanol–water partition coefficient (Wildman–Crippen LogP) is 3.62. The van der Waals surface area contributed by atoms with Crippen LogP contribution in [0, 0.1) is 22.1 Å². The monoisotopic (exact) mass is 676 g/mol. The molecule has 2 aromatic carbocycles. The van der Waals surface area contributed by atoms with Gasteiger partial charge in [-0.3, -0.25) is 28.1 Å². The van der Waals surface area contributed by atoms with Crippen LogP contribution >= 0.6 is 22.6 Å². The van der Waals surface area contributed by atoms with Crippen LogP contribution in [0.5, 0.6) is 0 Å². The molecule has 0 spiro atoms. The van der Waals surface area contributed by atoms with Crippen molar-refractivity contribution in [2.75, 3.05) is 31.3 Å². The Morgan fingerprint density at radius 2 is 1.73 bits per heavy atom. The number of anilines is 3. The number of carbonyl (C=O) groups excluding carboxylic acids is 1. The zero-order valence-corrected chi connectivity index (χ0v) is 24.9. The second kappa shape index (κ2) is 10.9. The van der Waals surface area contributed by atoms with Crippen molar-refractivity contribution < 1.29 is 13.6 Å². The van der Waals surface area contributed by atoms with Crippen LogP contribution in [0.3, 0.4) is 0 Å². The van der Waals surface area contributed by atoms with Crippen LogP contribution in [0.2, 0.25) is 0 Å². The molecule has 5 rings (SSSR count). The summed E-state index contributed by atoms with van der Waals surface area (Å²) < 4.78 is 33.8. The molecule has 0 bridgehead atoms. The van der Waals surface area contributed by atoms with E-state index < -0.39 is 34.3 Å². The van der Waals surface area contributed by atoms with Gasteiger partial charge in [-0.25, -0.2) is 13.6 Å². The molecule has 0 atom stereocenters. The summed E-state index contributed by atoms with van der Waals surface area (Å²) in [5.41, 5.74) is -1.75. The summed E-state index contributed by atoms with van der Waals surface area (Å²) in [6.07, 6.45) is 1.21. The minimum Gasteiger partial charge on any atom is -0.338 e. The van der Waals surface area contributed by atoms with Gasteiger partial charge in [0, 0.05) is 22.2 Å². The van der Waals surface area contributed by atoms with Crippen molar-refractivity contribution in [3.8, 4) is 5.69 Å². The van der Waals surface area contributed by atoms with Crippen LogP contribution in [-0.4, -0.2) is 45.1 Å².